The first-order chi connectivity index (χ1) is 16.2. The topological polar surface area (TPSA) is 91.9 Å². The number of benzene rings is 2. The molecule has 1 fully saturated rings. The third-order valence-corrected chi connectivity index (χ3v) is 6.07. The summed E-state index contributed by atoms with van der Waals surface area (Å²) >= 11 is 0. The Labute approximate surface area is 192 Å². The number of para-hydroxylation sites is 2. The summed E-state index contributed by atoms with van der Waals surface area (Å²) in [5.41, 5.74) is 3.48. The third-order valence-electron chi connectivity index (χ3n) is 6.07. The molecule has 1 aliphatic carbocycles. The van der Waals surface area contributed by atoms with Gasteiger partial charge in [0.05, 0.1) is 24.4 Å². The number of anilines is 1. The van der Waals surface area contributed by atoms with Gasteiger partial charge in [-0.1, -0.05) is 30.3 Å². The fraction of sp³-hybridized carbons (Fsp3) is 0.269. The second-order valence-electron chi connectivity index (χ2n) is 8.35. The minimum Gasteiger partial charge on any atom is -0.496 e. The van der Waals surface area contributed by atoms with Crippen LogP contribution in [0.15, 0.2) is 60.8 Å². The molecule has 1 amide bonds. The molecule has 2 aromatic carbocycles. The van der Waals surface area contributed by atoms with Crippen molar-refractivity contribution in [3.63, 3.8) is 0 Å². The molecule has 1 atom stereocenters. The molecular weight excluding hydrogens is 414 g/mol. The number of hydrogen-bond donors (Lipinski definition) is 3. The molecule has 33 heavy (non-hydrogen) atoms. The minimum atomic E-state index is -0.339. The maximum atomic E-state index is 13.3. The van der Waals surface area contributed by atoms with Gasteiger partial charge < -0.3 is 20.4 Å². The Kier molecular flexibility index (Phi) is 5.69. The first-order valence-electron chi connectivity index (χ1n) is 11.2. The van der Waals surface area contributed by atoms with Gasteiger partial charge in [0.15, 0.2) is 0 Å². The van der Waals surface area contributed by atoms with Crippen molar-refractivity contribution in [3.8, 4) is 5.75 Å². The van der Waals surface area contributed by atoms with Crippen LogP contribution >= 0.6 is 0 Å². The van der Waals surface area contributed by atoms with Crippen LogP contribution in [0.25, 0.3) is 10.9 Å². The molecule has 0 aliphatic heterocycles. The standard InChI is InChI=1S/C26H27N5O2/c1-27-24-14-22(29-25(31-24)16-11-12-16)21(13-17-15-28-20-9-5-3-7-18(17)20)30-26(32)19-8-4-6-10-23(19)33-2/h3-10,14-16,21,28H,11-13H2,1-2H3,(H,30,32)(H,27,29,31). The Morgan fingerprint density at radius 3 is 2.73 bits per heavy atom. The van der Waals surface area contributed by atoms with Crippen molar-refractivity contribution in [2.45, 2.75) is 31.2 Å². The molecule has 7 nitrogen and oxygen atoms in total. The summed E-state index contributed by atoms with van der Waals surface area (Å²) in [5.74, 6) is 2.34. The van der Waals surface area contributed by atoms with Crippen molar-refractivity contribution in [2.24, 2.45) is 0 Å². The second-order valence-corrected chi connectivity index (χ2v) is 8.35. The van der Waals surface area contributed by atoms with Crippen LogP contribution in [0.5, 0.6) is 5.75 Å². The van der Waals surface area contributed by atoms with Crippen LogP contribution in [0, 0.1) is 0 Å². The van der Waals surface area contributed by atoms with Crippen molar-refractivity contribution in [3.05, 3.63) is 83.4 Å². The number of methoxy groups -OCH3 is 1. The van der Waals surface area contributed by atoms with E-state index in [1.165, 1.54) is 0 Å². The van der Waals surface area contributed by atoms with E-state index in [1.54, 1.807) is 19.2 Å². The van der Waals surface area contributed by atoms with Crippen LogP contribution in [0.1, 0.15) is 52.2 Å². The fourth-order valence-electron chi connectivity index (χ4n) is 4.13. The normalized spacial score (nSPS) is 14.1. The Morgan fingerprint density at radius 1 is 1.15 bits per heavy atom. The van der Waals surface area contributed by atoms with Gasteiger partial charge >= 0.3 is 0 Å². The summed E-state index contributed by atoms with van der Waals surface area (Å²) in [6, 6.07) is 17.0. The number of H-pyrrole nitrogens is 1. The summed E-state index contributed by atoms with van der Waals surface area (Å²) < 4.78 is 5.41. The number of aromatic amines is 1. The van der Waals surface area contributed by atoms with E-state index in [0.717, 1.165) is 46.6 Å². The number of aromatic nitrogens is 3. The Morgan fingerprint density at radius 2 is 1.94 bits per heavy atom. The molecule has 2 aromatic heterocycles. The molecule has 0 saturated heterocycles. The lowest BCUT2D eigenvalue weighted by Gasteiger charge is -2.20. The molecule has 1 aliphatic rings. The van der Waals surface area contributed by atoms with Gasteiger partial charge in [-0.25, -0.2) is 9.97 Å². The molecular formula is C26H27N5O2. The first kappa shape index (κ1) is 21.0. The van der Waals surface area contributed by atoms with E-state index in [4.69, 9.17) is 9.72 Å². The van der Waals surface area contributed by atoms with E-state index in [2.05, 4.69) is 32.7 Å². The zero-order valence-corrected chi connectivity index (χ0v) is 18.8. The van der Waals surface area contributed by atoms with Crippen molar-refractivity contribution >= 4 is 22.6 Å². The van der Waals surface area contributed by atoms with E-state index < -0.39 is 0 Å². The smallest absolute Gasteiger partial charge is 0.255 e. The Hall–Kier alpha value is -3.87. The van der Waals surface area contributed by atoms with Crippen LogP contribution in [0.3, 0.4) is 0 Å². The highest BCUT2D eigenvalue weighted by atomic mass is 16.5. The summed E-state index contributed by atoms with van der Waals surface area (Å²) in [6.45, 7) is 0. The molecule has 0 spiro atoms. The molecule has 3 N–H and O–H groups in total. The number of fused-ring (bicyclic) bond motifs is 1. The zero-order valence-electron chi connectivity index (χ0n) is 18.8. The number of carbonyl (C=O) groups excluding carboxylic acids is 1. The lowest BCUT2D eigenvalue weighted by atomic mass is 10.0. The summed E-state index contributed by atoms with van der Waals surface area (Å²) in [4.78, 5) is 26.2. The third kappa shape index (κ3) is 4.39. The molecule has 1 unspecified atom stereocenters. The Bertz CT molecular complexity index is 1290. The maximum absolute atomic E-state index is 13.3. The highest BCUT2D eigenvalue weighted by Crippen LogP contribution is 2.39. The molecule has 4 aromatic rings. The predicted molar refractivity (Wildman–Crippen MR) is 129 cm³/mol. The monoisotopic (exact) mass is 441 g/mol. The van der Waals surface area contributed by atoms with E-state index in [9.17, 15) is 4.79 Å². The lowest BCUT2D eigenvalue weighted by Crippen LogP contribution is -2.31. The van der Waals surface area contributed by atoms with Gasteiger partial charge in [-0.05, 0) is 36.6 Å². The molecule has 0 radical (unpaired) electrons. The van der Waals surface area contributed by atoms with Gasteiger partial charge in [0.1, 0.15) is 17.4 Å². The van der Waals surface area contributed by atoms with Crippen LogP contribution in [0.4, 0.5) is 5.82 Å². The number of hydrogen-bond acceptors (Lipinski definition) is 5. The number of ether oxygens (including phenoxy) is 1. The van der Waals surface area contributed by atoms with Crippen molar-refractivity contribution in [1.82, 2.24) is 20.3 Å². The zero-order chi connectivity index (χ0) is 22.8. The number of carbonyl (C=O) groups is 1. The first-order valence-corrected chi connectivity index (χ1v) is 11.2. The van der Waals surface area contributed by atoms with Crippen molar-refractivity contribution in [2.75, 3.05) is 19.5 Å². The summed E-state index contributed by atoms with van der Waals surface area (Å²) in [5, 5.41) is 7.50. The van der Waals surface area contributed by atoms with Crippen LogP contribution in [-0.4, -0.2) is 35.0 Å². The highest BCUT2D eigenvalue weighted by Gasteiger charge is 2.29. The minimum absolute atomic E-state index is 0.199. The number of rotatable bonds is 8. The van der Waals surface area contributed by atoms with Gasteiger partial charge in [-0.2, -0.15) is 0 Å². The molecule has 5 rings (SSSR count). The quantitative estimate of drug-likeness (QED) is 0.372. The summed E-state index contributed by atoms with van der Waals surface area (Å²) in [6.07, 6.45) is 4.81. The Balaban J connectivity index is 1.53. The summed E-state index contributed by atoms with van der Waals surface area (Å²) in [7, 11) is 3.42. The van der Waals surface area contributed by atoms with Gasteiger partial charge in [0.2, 0.25) is 0 Å². The van der Waals surface area contributed by atoms with E-state index in [-0.39, 0.29) is 11.9 Å². The molecule has 7 heteroatoms. The number of nitrogens with one attached hydrogen (secondary N) is 3. The van der Waals surface area contributed by atoms with Crippen molar-refractivity contribution in [1.29, 1.82) is 0 Å². The maximum Gasteiger partial charge on any atom is 0.255 e. The van der Waals surface area contributed by atoms with E-state index in [1.807, 2.05) is 43.6 Å². The molecule has 2 heterocycles. The average molecular weight is 442 g/mol. The highest BCUT2D eigenvalue weighted by molar-refractivity contribution is 5.97. The van der Waals surface area contributed by atoms with Crippen molar-refractivity contribution < 1.29 is 9.53 Å². The van der Waals surface area contributed by atoms with Gasteiger partial charge in [-0.15, -0.1) is 0 Å². The van der Waals surface area contributed by atoms with Crippen LogP contribution < -0.4 is 15.4 Å². The molecule has 168 valence electrons. The van der Waals surface area contributed by atoms with Gasteiger partial charge in [-0.3, -0.25) is 4.79 Å². The largest absolute Gasteiger partial charge is 0.496 e. The average Bonchev–Trinajstić information content (AvgIpc) is 3.64. The second kappa shape index (κ2) is 8.94. The number of amides is 1. The number of nitrogens with zero attached hydrogens (tertiary/aromatic N) is 2. The van der Waals surface area contributed by atoms with E-state index in [0.29, 0.717) is 23.7 Å². The van der Waals surface area contributed by atoms with Crippen LogP contribution in [-0.2, 0) is 6.42 Å². The van der Waals surface area contributed by atoms with E-state index >= 15 is 0 Å². The molecule has 0 bridgehead atoms. The molecule has 1 saturated carbocycles. The predicted octanol–water partition coefficient (Wildman–Crippen LogP) is 4.60. The SMILES string of the molecule is CNc1cc(C(Cc2c[nH]c3ccccc23)NC(=O)c2ccccc2OC)nc(C2CC2)n1. The lowest BCUT2D eigenvalue weighted by molar-refractivity contribution is 0.0932. The van der Waals surface area contributed by atoms with Gasteiger partial charge in [0, 0.05) is 42.6 Å². The van der Waals surface area contributed by atoms with Gasteiger partial charge in [0.25, 0.3) is 5.91 Å². The van der Waals surface area contributed by atoms with Crippen LogP contribution in [0.2, 0.25) is 0 Å². The fourth-order valence-corrected chi connectivity index (χ4v) is 4.13.